The minimum Gasteiger partial charge on any atom is -0.388 e. The van der Waals surface area contributed by atoms with Crippen LogP contribution in [-0.4, -0.2) is 10.1 Å². The number of hydrogen-bond donors (Lipinski definition) is 1. The summed E-state index contributed by atoms with van der Waals surface area (Å²) in [6.45, 7) is 4.32. The molecule has 0 fully saturated rings. The molecule has 2 atom stereocenters. The summed E-state index contributed by atoms with van der Waals surface area (Å²) < 4.78 is 0. The molecule has 2 rings (SSSR count). The highest BCUT2D eigenvalue weighted by molar-refractivity contribution is 5.78. The van der Waals surface area contributed by atoms with E-state index in [0.717, 1.165) is 29.3 Å². The molecule has 1 heterocycles. The van der Waals surface area contributed by atoms with Gasteiger partial charge in [0.25, 0.3) is 0 Å². The average molecular weight is 229 g/mol. The Hall–Kier alpha value is -1.41. The lowest BCUT2D eigenvalue weighted by Crippen LogP contribution is -2.03. The second kappa shape index (κ2) is 5.28. The van der Waals surface area contributed by atoms with E-state index in [9.17, 15) is 5.11 Å². The van der Waals surface area contributed by atoms with Crippen LogP contribution in [0.1, 0.15) is 38.4 Å². The molecular formula is C15H19NO. The summed E-state index contributed by atoms with van der Waals surface area (Å²) >= 11 is 0. The topological polar surface area (TPSA) is 33.1 Å². The quantitative estimate of drug-likeness (QED) is 0.867. The van der Waals surface area contributed by atoms with Crippen LogP contribution in [-0.2, 0) is 0 Å². The molecule has 1 aromatic heterocycles. The zero-order valence-electron chi connectivity index (χ0n) is 10.4. The summed E-state index contributed by atoms with van der Waals surface area (Å²) in [7, 11) is 0. The lowest BCUT2D eigenvalue weighted by Gasteiger charge is -2.15. The normalized spacial score (nSPS) is 14.8. The summed E-state index contributed by atoms with van der Waals surface area (Å²) in [6.07, 6.45) is 3.32. The van der Waals surface area contributed by atoms with Gasteiger partial charge in [0.05, 0.1) is 11.6 Å². The maximum Gasteiger partial charge on any atom is 0.0793 e. The highest BCUT2D eigenvalue weighted by Crippen LogP contribution is 2.25. The first kappa shape index (κ1) is 12.1. The Morgan fingerprint density at radius 3 is 2.88 bits per heavy atom. The Bertz CT molecular complexity index is 495. The summed E-state index contributed by atoms with van der Waals surface area (Å²) in [6, 6.07) is 9.97. The zero-order chi connectivity index (χ0) is 12.3. The van der Waals surface area contributed by atoms with Gasteiger partial charge in [-0.15, -0.1) is 0 Å². The van der Waals surface area contributed by atoms with Crippen LogP contribution >= 0.6 is 0 Å². The molecule has 2 aromatic rings. The molecule has 0 amide bonds. The molecule has 2 heteroatoms. The highest BCUT2D eigenvalue weighted by Gasteiger charge is 2.11. The fourth-order valence-corrected chi connectivity index (χ4v) is 1.97. The highest BCUT2D eigenvalue weighted by atomic mass is 16.3. The summed E-state index contributed by atoms with van der Waals surface area (Å²) in [4.78, 5) is 4.31. The van der Waals surface area contributed by atoms with Crippen molar-refractivity contribution < 1.29 is 5.11 Å². The first-order chi connectivity index (χ1) is 8.20. The first-order valence-corrected chi connectivity index (χ1v) is 6.23. The van der Waals surface area contributed by atoms with E-state index in [0.29, 0.717) is 5.92 Å². The van der Waals surface area contributed by atoms with Crippen LogP contribution < -0.4 is 0 Å². The van der Waals surface area contributed by atoms with Crippen molar-refractivity contribution in [3.63, 3.8) is 0 Å². The average Bonchev–Trinajstić information content (AvgIpc) is 2.38. The molecule has 0 saturated carbocycles. The Kier molecular flexibility index (Phi) is 3.75. The Balaban J connectivity index is 2.23. The fraction of sp³-hybridized carbons (Fsp3) is 0.400. The Morgan fingerprint density at radius 1 is 1.29 bits per heavy atom. The minimum atomic E-state index is -0.378. The van der Waals surface area contributed by atoms with Gasteiger partial charge in [-0.1, -0.05) is 38.5 Å². The second-order valence-electron chi connectivity index (χ2n) is 4.72. The molecule has 1 aromatic carbocycles. The Morgan fingerprint density at radius 2 is 2.12 bits per heavy atom. The molecule has 0 saturated heterocycles. The molecule has 2 unspecified atom stereocenters. The molecule has 0 aliphatic carbocycles. The monoisotopic (exact) mass is 229 g/mol. The predicted molar refractivity (Wildman–Crippen MR) is 70.8 cm³/mol. The third-order valence-corrected chi connectivity index (χ3v) is 3.34. The molecule has 0 aliphatic heterocycles. The van der Waals surface area contributed by atoms with E-state index in [4.69, 9.17) is 0 Å². The van der Waals surface area contributed by atoms with E-state index < -0.39 is 0 Å². The van der Waals surface area contributed by atoms with E-state index in [2.05, 4.69) is 18.8 Å². The van der Waals surface area contributed by atoms with Crippen molar-refractivity contribution in [1.29, 1.82) is 0 Å². The van der Waals surface area contributed by atoms with Gasteiger partial charge in [0.1, 0.15) is 0 Å². The Labute approximate surface area is 102 Å². The van der Waals surface area contributed by atoms with Crippen LogP contribution in [0.2, 0.25) is 0 Å². The molecule has 1 N–H and O–H groups in total. The third kappa shape index (κ3) is 2.83. The molecule has 0 radical (unpaired) electrons. The van der Waals surface area contributed by atoms with Gasteiger partial charge < -0.3 is 5.11 Å². The second-order valence-corrected chi connectivity index (χ2v) is 4.72. The molecule has 90 valence electrons. The maximum absolute atomic E-state index is 10.2. The van der Waals surface area contributed by atoms with Crippen molar-refractivity contribution in [2.75, 3.05) is 0 Å². The van der Waals surface area contributed by atoms with Crippen LogP contribution in [0.3, 0.4) is 0 Å². The van der Waals surface area contributed by atoms with Gasteiger partial charge in [0.15, 0.2) is 0 Å². The smallest absolute Gasteiger partial charge is 0.0793 e. The number of nitrogens with zero attached hydrogens (tertiary/aromatic N) is 1. The summed E-state index contributed by atoms with van der Waals surface area (Å²) in [5, 5.41) is 11.3. The fourth-order valence-electron chi connectivity index (χ4n) is 1.97. The van der Waals surface area contributed by atoms with Gasteiger partial charge in [0.2, 0.25) is 0 Å². The maximum atomic E-state index is 10.2. The van der Waals surface area contributed by atoms with Crippen LogP contribution in [0, 0.1) is 5.92 Å². The molecule has 0 bridgehead atoms. The third-order valence-electron chi connectivity index (χ3n) is 3.34. The van der Waals surface area contributed by atoms with Gasteiger partial charge in [-0.3, -0.25) is 4.98 Å². The molecule has 2 nitrogen and oxygen atoms in total. The number of fused-ring (bicyclic) bond motifs is 1. The molecule has 0 spiro atoms. The van der Waals surface area contributed by atoms with Crippen LogP contribution in [0.15, 0.2) is 36.5 Å². The summed E-state index contributed by atoms with van der Waals surface area (Å²) in [5.41, 5.74) is 1.92. The number of benzene rings is 1. The van der Waals surface area contributed by atoms with E-state index in [1.54, 1.807) is 6.20 Å². The molecule has 17 heavy (non-hydrogen) atoms. The number of aliphatic hydroxyl groups excluding tert-OH is 1. The lowest BCUT2D eigenvalue weighted by atomic mass is 9.96. The van der Waals surface area contributed by atoms with E-state index in [1.807, 2.05) is 30.3 Å². The molecular weight excluding hydrogens is 210 g/mol. The standard InChI is InChI=1S/C15H19NO/c1-3-11(2)9-15(17)13-7-6-12-5-4-8-16-14(12)10-13/h4-8,10-11,15,17H,3,9H2,1-2H3. The van der Waals surface area contributed by atoms with E-state index in [1.165, 1.54) is 0 Å². The van der Waals surface area contributed by atoms with Crippen molar-refractivity contribution in [1.82, 2.24) is 4.98 Å². The first-order valence-electron chi connectivity index (χ1n) is 6.23. The van der Waals surface area contributed by atoms with Crippen molar-refractivity contribution in [2.45, 2.75) is 32.8 Å². The van der Waals surface area contributed by atoms with Gasteiger partial charge in [0, 0.05) is 11.6 Å². The van der Waals surface area contributed by atoms with Gasteiger partial charge in [-0.25, -0.2) is 0 Å². The predicted octanol–water partition coefficient (Wildman–Crippen LogP) is 3.70. The minimum absolute atomic E-state index is 0.378. The van der Waals surface area contributed by atoms with Gasteiger partial charge in [-0.2, -0.15) is 0 Å². The number of rotatable bonds is 4. The van der Waals surface area contributed by atoms with Crippen molar-refractivity contribution >= 4 is 10.9 Å². The SMILES string of the molecule is CCC(C)CC(O)c1ccc2cccnc2c1. The lowest BCUT2D eigenvalue weighted by molar-refractivity contribution is 0.146. The largest absolute Gasteiger partial charge is 0.388 e. The number of aromatic nitrogens is 1. The number of hydrogen-bond acceptors (Lipinski definition) is 2. The van der Waals surface area contributed by atoms with Crippen molar-refractivity contribution in [2.24, 2.45) is 5.92 Å². The summed E-state index contributed by atoms with van der Waals surface area (Å²) in [5.74, 6) is 0.546. The van der Waals surface area contributed by atoms with Gasteiger partial charge >= 0.3 is 0 Å². The molecule has 0 aliphatic rings. The zero-order valence-corrected chi connectivity index (χ0v) is 10.4. The van der Waals surface area contributed by atoms with E-state index >= 15 is 0 Å². The number of aliphatic hydroxyl groups is 1. The van der Waals surface area contributed by atoms with Crippen molar-refractivity contribution in [3.05, 3.63) is 42.1 Å². The van der Waals surface area contributed by atoms with Gasteiger partial charge in [-0.05, 0) is 30.0 Å². The number of pyridine rings is 1. The van der Waals surface area contributed by atoms with Crippen LogP contribution in [0.5, 0.6) is 0 Å². The van der Waals surface area contributed by atoms with E-state index in [-0.39, 0.29) is 6.10 Å². The van der Waals surface area contributed by atoms with Crippen molar-refractivity contribution in [3.8, 4) is 0 Å². The van der Waals surface area contributed by atoms with Crippen LogP contribution in [0.25, 0.3) is 10.9 Å². The van der Waals surface area contributed by atoms with Crippen LogP contribution in [0.4, 0.5) is 0 Å².